The highest BCUT2D eigenvalue weighted by atomic mass is 32.1. The molecule has 8 heteroatoms. The molecule has 1 aliphatic carbocycles. The number of nitro groups is 1. The number of aromatic hydroxyl groups is 1. The van der Waals surface area contributed by atoms with E-state index in [1.165, 1.54) is 17.0 Å². The van der Waals surface area contributed by atoms with E-state index in [-0.39, 0.29) is 17.4 Å². The molecular formula is C23H19N3O4S. The van der Waals surface area contributed by atoms with Crippen LogP contribution in [-0.4, -0.2) is 15.8 Å². The van der Waals surface area contributed by atoms with Gasteiger partial charge in [-0.05, 0) is 41.6 Å². The summed E-state index contributed by atoms with van der Waals surface area (Å²) in [6, 6.07) is 15.4. The number of ketones is 1. The number of thiophene rings is 1. The van der Waals surface area contributed by atoms with Crippen LogP contribution >= 0.6 is 11.3 Å². The number of para-hydroxylation sites is 2. The number of nitro benzene ring substituents is 1. The van der Waals surface area contributed by atoms with Crippen LogP contribution in [0.15, 0.2) is 71.2 Å². The predicted octanol–water partition coefficient (Wildman–Crippen LogP) is 5.34. The van der Waals surface area contributed by atoms with Gasteiger partial charge < -0.3 is 15.7 Å². The van der Waals surface area contributed by atoms with Crippen molar-refractivity contribution in [2.24, 2.45) is 0 Å². The molecule has 0 amide bonds. The van der Waals surface area contributed by atoms with E-state index in [1.54, 1.807) is 17.4 Å². The zero-order valence-corrected chi connectivity index (χ0v) is 17.2. The molecular weight excluding hydrogens is 414 g/mol. The van der Waals surface area contributed by atoms with Crippen molar-refractivity contribution in [3.8, 4) is 5.75 Å². The average molecular weight is 433 g/mol. The number of nitrogens with one attached hydrogen (secondary N) is 2. The highest BCUT2D eigenvalue weighted by molar-refractivity contribution is 7.10. The van der Waals surface area contributed by atoms with Gasteiger partial charge in [-0.2, -0.15) is 0 Å². The van der Waals surface area contributed by atoms with E-state index in [4.69, 9.17) is 0 Å². The minimum absolute atomic E-state index is 0.00758. The maximum Gasteiger partial charge on any atom is 0.311 e. The van der Waals surface area contributed by atoms with Crippen LogP contribution in [0, 0.1) is 10.1 Å². The van der Waals surface area contributed by atoms with Gasteiger partial charge in [-0.15, -0.1) is 11.3 Å². The van der Waals surface area contributed by atoms with Gasteiger partial charge in [-0.1, -0.05) is 24.3 Å². The lowest BCUT2D eigenvalue weighted by atomic mass is 9.80. The summed E-state index contributed by atoms with van der Waals surface area (Å²) >= 11 is 1.64. The van der Waals surface area contributed by atoms with Crippen molar-refractivity contribution in [2.45, 2.75) is 24.8 Å². The molecule has 2 unspecified atom stereocenters. The van der Waals surface area contributed by atoms with Gasteiger partial charge in [-0.3, -0.25) is 14.9 Å². The topological polar surface area (TPSA) is 104 Å². The van der Waals surface area contributed by atoms with Gasteiger partial charge in [0.25, 0.3) is 0 Å². The van der Waals surface area contributed by atoms with Crippen LogP contribution in [0.2, 0.25) is 0 Å². The van der Waals surface area contributed by atoms with E-state index in [9.17, 15) is 20.0 Å². The minimum Gasteiger partial charge on any atom is -0.502 e. The molecule has 0 saturated carbocycles. The average Bonchev–Trinajstić information content (AvgIpc) is 3.23. The fourth-order valence-electron chi connectivity index (χ4n) is 4.33. The molecule has 0 bridgehead atoms. The number of carbonyl (C=O) groups is 1. The molecule has 31 heavy (non-hydrogen) atoms. The standard InChI is InChI=1S/C23H19N3O4S/c27-19-8-7-13(11-18(19)26(29)30)23-22-17(24-15-4-1-2-5-16(15)25-23)10-14(12-20(22)28)21-6-3-9-31-21/h1-9,11,14,23-25,27H,10,12H2. The van der Waals surface area contributed by atoms with E-state index < -0.39 is 16.7 Å². The number of hydrogen-bond donors (Lipinski definition) is 3. The van der Waals surface area contributed by atoms with Crippen LogP contribution < -0.4 is 10.6 Å². The van der Waals surface area contributed by atoms with Crippen molar-refractivity contribution in [3.05, 3.63) is 91.8 Å². The second-order valence-corrected chi connectivity index (χ2v) is 8.67. The number of hydrogen-bond acceptors (Lipinski definition) is 7. The summed E-state index contributed by atoms with van der Waals surface area (Å²) in [5, 5.41) is 30.1. The highest BCUT2D eigenvalue weighted by Gasteiger charge is 2.37. The SMILES string of the molecule is O=C1CC(c2cccs2)CC2=C1C(c1ccc(O)c([N+](=O)[O-])c1)Nc1ccccc1N2. The summed E-state index contributed by atoms with van der Waals surface area (Å²) in [6.07, 6.45) is 1.06. The van der Waals surface area contributed by atoms with E-state index >= 15 is 0 Å². The van der Waals surface area contributed by atoms with Gasteiger partial charge in [0.05, 0.1) is 22.3 Å². The van der Waals surface area contributed by atoms with Crippen molar-refractivity contribution >= 4 is 34.2 Å². The number of phenols is 1. The van der Waals surface area contributed by atoms with Crippen LogP contribution in [0.5, 0.6) is 5.75 Å². The molecule has 0 radical (unpaired) electrons. The lowest BCUT2D eigenvalue weighted by Crippen LogP contribution is -2.26. The Morgan fingerprint density at radius 3 is 2.61 bits per heavy atom. The second-order valence-electron chi connectivity index (χ2n) is 7.69. The summed E-state index contributed by atoms with van der Waals surface area (Å²) < 4.78 is 0. The van der Waals surface area contributed by atoms with Gasteiger partial charge in [0.15, 0.2) is 11.5 Å². The number of rotatable bonds is 3. The third kappa shape index (κ3) is 3.44. The molecule has 3 N–H and O–H groups in total. The van der Waals surface area contributed by atoms with Gasteiger partial charge in [0, 0.05) is 34.6 Å². The third-order valence-corrected chi connectivity index (χ3v) is 6.82. The van der Waals surface area contributed by atoms with Gasteiger partial charge >= 0.3 is 5.69 Å². The summed E-state index contributed by atoms with van der Waals surface area (Å²) in [6.45, 7) is 0. The number of phenolic OH excluding ortho intramolecular Hbond substituents is 1. The van der Waals surface area contributed by atoms with Crippen LogP contribution in [0.4, 0.5) is 17.1 Å². The number of carbonyl (C=O) groups excluding carboxylic acids is 1. The molecule has 7 nitrogen and oxygen atoms in total. The number of benzene rings is 2. The number of anilines is 2. The molecule has 5 rings (SSSR count). The summed E-state index contributed by atoms with van der Waals surface area (Å²) in [4.78, 5) is 25.3. The first kappa shape index (κ1) is 19.3. The van der Waals surface area contributed by atoms with E-state index in [1.807, 2.05) is 35.7 Å². The summed E-state index contributed by atoms with van der Waals surface area (Å²) in [5.74, 6) is -0.296. The number of Topliss-reactive ketones (excluding diaryl/α,β-unsaturated/α-hetero) is 1. The van der Waals surface area contributed by atoms with E-state index in [0.29, 0.717) is 24.0 Å². The van der Waals surface area contributed by atoms with Crippen molar-refractivity contribution in [2.75, 3.05) is 10.6 Å². The normalized spacial score (nSPS) is 20.2. The molecule has 2 aromatic carbocycles. The molecule has 0 saturated heterocycles. The van der Waals surface area contributed by atoms with Gasteiger partial charge in [0.1, 0.15) is 0 Å². The van der Waals surface area contributed by atoms with Crippen LogP contribution in [0.25, 0.3) is 0 Å². The lowest BCUT2D eigenvalue weighted by Gasteiger charge is -2.29. The van der Waals surface area contributed by atoms with Crippen LogP contribution in [0.3, 0.4) is 0 Å². The van der Waals surface area contributed by atoms with E-state index in [0.717, 1.165) is 17.1 Å². The van der Waals surface area contributed by atoms with Crippen molar-refractivity contribution in [1.82, 2.24) is 0 Å². The second kappa shape index (κ2) is 7.55. The van der Waals surface area contributed by atoms with Crippen molar-refractivity contribution in [3.63, 3.8) is 0 Å². The molecule has 1 aliphatic heterocycles. The number of allylic oxidation sites excluding steroid dienone is 1. The molecule has 2 heterocycles. The predicted molar refractivity (Wildman–Crippen MR) is 120 cm³/mol. The van der Waals surface area contributed by atoms with Gasteiger partial charge in [0.2, 0.25) is 0 Å². The Kier molecular flexibility index (Phi) is 4.71. The largest absolute Gasteiger partial charge is 0.502 e. The molecule has 3 aromatic rings. The Labute approximate surface area is 182 Å². The number of nitrogens with zero attached hydrogens (tertiary/aromatic N) is 1. The van der Waals surface area contributed by atoms with E-state index in [2.05, 4.69) is 16.7 Å². The first-order chi connectivity index (χ1) is 15.0. The fraction of sp³-hybridized carbons (Fsp3) is 0.174. The Balaban J connectivity index is 1.64. The zero-order valence-electron chi connectivity index (χ0n) is 16.4. The molecule has 0 fully saturated rings. The Bertz CT molecular complexity index is 1220. The Morgan fingerprint density at radius 1 is 1.06 bits per heavy atom. The first-order valence-electron chi connectivity index (χ1n) is 9.91. The van der Waals surface area contributed by atoms with Crippen molar-refractivity contribution < 1.29 is 14.8 Å². The van der Waals surface area contributed by atoms with Crippen LogP contribution in [0.1, 0.15) is 35.2 Å². The zero-order chi connectivity index (χ0) is 21.5. The molecule has 0 spiro atoms. The molecule has 156 valence electrons. The number of fused-ring (bicyclic) bond motifs is 1. The lowest BCUT2D eigenvalue weighted by molar-refractivity contribution is -0.385. The maximum absolute atomic E-state index is 13.4. The highest BCUT2D eigenvalue weighted by Crippen LogP contribution is 2.45. The van der Waals surface area contributed by atoms with Gasteiger partial charge in [-0.25, -0.2) is 0 Å². The summed E-state index contributed by atoms with van der Waals surface area (Å²) in [5.41, 5.74) is 3.24. The fourth-order valence-corrected chi connectivity index (χ4v) is 5.16. The quantitative estimate of drug-likeness (QED) is 0.380. The van der Waals surface area contributed by atoms with Crippen LogP contribution in [-0.2, 0) is 4.79 Å². The Hall–Kier alpha value is -3.65. The molecule has 1 aromatic heterocycles. The molecule has 2 aliphatic rings. The summed E-state index contributed by atoms with van der Waals surface area (Å²) in [7, 11) is 0. The monoisotopic (exact) mass is 433 g/mol. The maximum atomic E-state index is 13.4. The minimum atomic E-state index is -0.619. The van der Waals surface area contributed by atoms with Crippen molar-refractivity contribution in [1.29, 1.82) is 0 Å². The molecule has 2 atom stereocenters. The smallest absolute Gasteiger partial charge is 0.311 e. The Morgan fingerprint density at radius 2 is 1.87 bits per heavy atom. The third-order valence-electron chi connectivity index (χ3n) is 5.78. The first-order valence-corrected chi connectivity index (χ1v) is 10.8.